The van der Waals surface area contributed by atoms with Crippen molar-refractivity contribution in [2.45, 2.75) is 70.9 Å². The van der Waals surface area contributed by atoms with E-state index in [1.807, 2.05) is 0 Å². The lowest BCUT2D eigenvalue weighted by Crippen LogP contribution is -1.83. The van der Waals surface area contributed by atoms with Crippen LogP contribution in [0.2, 0.25) is 12.6 Å². The minimum absolute atomic E-state index is 0.366. The minimum Gasteiger partial charge on any atom is -0.351 e. The molecule has 17 heavy (non-hydrogen) atoms. The van der Waals surface area contributed by atoms with E-state index in [2.05, 4.69) is 23.4 Å². The molecule has 1 aromatic heterocycles. The Morgan fingerprint density at radius 1 is 1.00 bits per heavy atom. The quantitative estimate of drug-likeness (QED) is 0.520. The van der Waals surface area contributed by atoms with Crippen molar-refractivity contribution in [2.75, 3.05) is 0 Å². The summed E-state index contributed by atoms with van der Waals surface area (Å²) >= 11 is 0. The molecule has 2 nitrogen and oxygen atoms in total. The van der Waals surface area contributed by atoms with E-state index in [1.54, 1.807) is 24.8 Å². The lowest BCUT2D eigenvalue weighted by molar-refractivity contribution is 0.585. The maximum Gasteiger partial charge on any atom is 0.0919 e. The van der Waals surface area contributed by atoms with Crippen LogP contribution in [-0.2, 0) is 0 Å². The molecule has 1 rings (SSSR count). The lowest BCUT2D eigenvalue weighted by Gasteiger charge is -1.99. The summed E-state index contributed by atoms with van der Waals surface area (Å²) in [6.07, 6.45) is 16.9. The third kappa shape index (κ3) is 15.4. The van der Waals surface area contributed by atoms with Crippen LogP contribution in [-0.4, -0.2) is 19.5 Å². The van der Waals surface area contributed by atoms with Crippen molar-refractivity contribution < 1.29 is 0 Å². The number of H-pyrrole nitrogens is 1. The van der Waals surface area contributed by atoms with Gasteiger partial charge in [-0.1, -0.05) is 70.9 Å². The molecule has 0 saturated carbocycles. The number of aromatic amines is 1. The van der Waals surface area contributed by atoms with Crippen LogP contribution in [0, 0.1) is 0 Å². The second kappa shape index (κ2) is 15.4. The first-order valence-corrected chi connectivity index (χ1v) is 9.76. The molecule has 0 spiro atoms. The minimum atomic E-state index is 0.366. The number of hydrogen-bond donors (Lipinski definition) is 1. The van der Waals surface area contributed by atoms with Gasteiger partial charge in [0.2, 0.25) is 0 Å². The Balaban J connectivity index is 0.000000419. The zero-order valence-corrected chi connectivity index (χ0v) is 13.2. The van der Waals surface area contributed by atoms with Crippen LogP contribution in [0.4, 0.5) is 0 Å². The van der Waals surface area contributed by atoms with E-state index in [0.717, 1.165) is 0 Å². The molecule has 0 aliphatic carbocycles. The molecule has 100 valence electrons. The van der Waals surface area contributed by atoms with Crippen molar-refractivity contribution in [1.29, 1.82) is 0 Å². The van der Waals surface area contributed by atoms with Crippen molar-refractivity contribution in [3.63, 3.8) is 0 Å². The Labute approximate surface area is 109 Å². The average molecular weight is 254 g/mol. The first kappa shape index (κ1) is 16.4. The summed E-state index contributed by atoms with van der Waals surface area (Å²) in [5, 5.41) is 0. The number of imidazole rings is 1. The van der Waals surface area contributed by atoms with Crippen LogP contribution >= 0.6 is 0 Å². The molecule has 0 bridgehead atoms. The third-order valence-electron chi connectivity index (χ3n) is 2.86. The summed E-state index contributed by atoms with van der Waals surface area (Å²) in [4.78, 5) is 6.42. The molecule has 0 aliphatic rings. The van der Waals surface area contributed by atoms with E-state index < -0.39 is 0 Å². The smallest absolute Gasteiger partial charge is 0.0919 e. The molecule has 0 atom stereocenters. The van der Waals surface area contributed by atoms with Gasteiger partial charge >= 0.3 is 0 Å². The van der Waals surface area contributed by atoms with Crippen molar-refractivity contribution in [1.82, 2.24) is 9.97 Å². The van der Waals surface area contributed by atoms with Gasteiger partial charge in [0.25, 0.3) is 0 Å². The average Bonchev–Trinajstić information content (AvgIpc) is 2.92. The van der Waals surface area contributed by atoms with Gasteiger partial charge in [0.05, 0.1) is 6.33 Å². The molecule has 1 heterocycles. The second-order valence-corrected chi connectivity index (χ2v) is 6.30. The van der Waals surface area contributed by atoms with E-state index in [0.29, 0.717) is 9.52 Å². The van der Waals surface area contributed by atoms with E-state index in [-0.39, 0.29) is 0 Å². The van der Waals surface area contributed by atoms with Gasteiger partial charge in [0.1, 0.15) is 0 Å². The van der Waals surface area contributed by atoms with Gasteiger partial charge < -0.3 is 4.98 Å². The maximum atomic E-state index is 3.67. The normalized spacial score (nSPS) is 10.5. The number of aromatic nitrogens is 2. The van der Waals surface area contributed by atoms with Crippen LogP contribution in [0.5, 0.6) is 0 Å². The molecular formula is C14H30N2Si. The molecule has 0 unspecified atom stereocenters. The number of rotatable bonds is 9. The first-order valence-electron chi connectivity index (χ1n) is 7.34. The highest BCUT2D eigenvalue weighted by molar-refractivity contribution is 6.33. The molecule has 0 saturated heterocycles. The SMILES string of the molecule is CCCCCCCCCC[SiH2]C.c1c[nH]cn1. The zero-order chi connectivity index (χ0) is 12.6. The van der Waals surface area contributed by atoms with Gasteiger partial charge in [-0.15, -0.1) is 0 Å². The standard InChI is InChI=1S/C11H26Si.C3H4N2/c1-3-4-5-6-7-8-9-10-11-12-2;1-2-5-3-4-1/h3-12H2,1-2H3;1-3H,(H,4,5). The number of nitrogens with zero attached hydrogens (tertiary/aromatic N) is 1. The summed E-state index contributed by atoms with van der Waals surface area (Å²) in [6.45, 7) is 4.70. The fourth-order valence-electron chi connectivity index (χ4n) is 1.78. The molecule has 0 radical (unpaired) electrons. The van der Waals surface area contributed by atoms with Crippen molar-refractivity contribution >= 4 is 9.52 Å². The molecule has 0 aromatic carbocycles. The number of hydrogen-bond acceptors (Lipinski definition) is 1. The van der Waals surface area contributed by atoms with Crippen LogP contribution in [0.25, 0.3) is 0 Å². The summed E-state index contributed by atoms with van der Waals surface area (Å²) in [5.41, 5.74) is 0. The summed E-state index contributed by atoms with van der Waals surface area (Å²) < 4.78 is 0. The highest BCUT2D eigenvalue weighted by Gasteiger charge is 1.90. The Hall–Kier alpha value is -0.573. The van der Waals surface area contributed by atoms with Gasteiger partial charge in [-0.2, -0.15) is 0 Å². The Morgan fingerprint density at radius 3 is 2.06 bits per heavy atom. The Morgan fingerprint density at radius 2 is 1.65 bits per heavy atom. The van der Waals surface area contributed by atoms with Crippen LogP contribution in [0.3, 0.4) is 0 Å². The van der Waals surface area contributed by atoms with E-state index in [9.17, 15) is 0 Å². The predicted octanol–water partition coefficient (Wildman–Crippen LogP) is 4.17. The molecule has 0 fully saturated rings. The largest absolute Gasteiger partial charge is 0.351 e. The molecule has 3 heteroatoms. The van der Waals surface area contributed by atoms with Crippen molar-refractivity contribution in [3.8, 4) is 0 Å². The van der Waals surface area contributed by atoms with Gasteiger partial charge in [0.15, 0.2) is 0 Å². The zero-order valence-electron chi connectivity index (χ0n) is 11.8. The van der Waals surface area contributed by atoms with Gasteiger partial charge in [-0.3, -0.25) is 0 Å². The van der Waals surface area contributed by atoms with E-state index >= 15 is 0 Å². The van der Waals surface area contributed by atoms with Crippen LogP contribution in [0.1, 0.15) is 58.3 Å². The topological polar surface area (TPSA) is 28.7 Å². The van der Waals surface area contributed by atoms with Gasteiger partial charge in [-0.05, 0) is 0 Å². The molecule has 1 aromatic rings. The number of unbranched alkanes of at least 4 members (excludes halogenated alkanes) is 7. The second-order valence-electron chi connectivity index (χ2n) is 4.59. The van der Waals surface area contributed by atoms with Crippen molar-refractivity contribution in [2.24, 2.45) is 0 Å². The van der Waals surface area contributed by atoms with Gasteiger partial charge in [-0.25, -0.2) is 4.98 Å². The molecule has 0 amide bonds. The molecule has 0 aliphatic heterocycles. The summed E-state index contributed by atoms with van der Waals surface area (Å²) in [7, 11) is 0.366. The van der Waals surface area contributed by atoms with E-state index in [1.165, 1.54) is 51.4 Å². The fraction of sp³-hybridized carbons (Fsp3) is 0.786. The highest BCUT2D eigenvalue weighted by Crippen LogP contribution is 2.09. The fourth-order valence-corrected chi connectivity index (χ4v) is 2.63. The van der Waals surface area contributed by atoms with Crippen LogP contribution < -0.4 is 0 Å². The predicted molar refractivity (Wildman–Crippen MR) is 80.4 cm³/mol. The van der Waals surface area contributed by atoms with E-state index in [4.69, 9.17) is 0 Å². The highest BCUT2D eigenvalue weighted by atomic mass is 28.2. The lowest BCUT2D eigenvalue weighted by atomic mass is 10.1. The molecule has 1 N–H and O–H groups in total. The first-order chi connectivity index (χ1) is 8.41. The van der Waals surface area contributed by atoms with Crippen LogP contribution in [0.15, 0.2) is 18.7 Å². The Bertz CT molecular complexity index is 173. The Kier molecular flexibility index (Phi) is 14.9. The molecular weight excluding hydrogens is 224 g/mol. The maximum absolute atomic E-state index is 3.67. The monoisotopic (exact) mass is 254 g/mol. The summed E-state index contributed by atoms with van der Waals surface area (Å²) in [6, 6.07) is 1.58. The summed E-state index contributed by atoms with van der Waals surface area (Å²) in [5.74, 6) is 0. The number of nitrogens with one attached hydrogen (secondary N) is 1. The third-order valence-corrected chi connectivity index (χ3v) is 4.07. The van der Waals surface area contributed by atoms with Crippen molar-refractivity contribution in [3.05, 3.63) is 18.7 Å². The van der Waals surface area contributed by atoms with Gasteiger partial charge in [0, 0.05) is 21.9 Å².